The lowest BCUT2D eigenvalue weighted by Gasteiger charge is -2.08. The highest BCUT2D eigenvalue weighted by atomic mass is 32.2. The van der Waals surface area contributed by atoms with Gasteiger partial charge in [-0.2, -0.15) is 0 Å². The molecule has 2 rings (SSSR count). The van der Waals surface area contributed by atoms with Crippen molar-refractivity contribution in [1.29, 1.82) is 0 Å². The second-order valence-corrected chi connectivity index (χ2v) is 4.91. The van der Waals surface area contributed by atoms with Crippen molar-refractivity contribution in [3.05, 3.63) is 35.9 Å². The van der Waals surface area contributed by atoms with Crippen LogP contribution in [0.1, 0.15) is 24.6 Å². The summed E-state index contributed by atoms with van der Waals surface area (Å²) in [5.74, 6) is 1.76. The molecule has 18 heavy (non-hydrogen) atoms. The maximum Gasteiger partial charge on any atom is 0.256 e. The summed E-state index contributed by atoms with van der Waals surface area (Å²) in [4.78, 5) is 8.63. The van der Waals surface area contributed by atoms with E-state index in [1.165, 1.54) is 5.56 Å². The SMILES string of the molecule is CCCNc1ncccc1CSc1nc(C)co1. The average Bonchev–Trinajstić information content (AvgIpc) is 2.81. The van der Waals surface area contributed by atoms with Gasteiger partial charge in [-0.1, -0.05) is 24.8 Å². The molecule has 0 aliphatic heterocycles. The standard InChI is InChI=1S/C13H17N3OS/c1-3-6-14-12-11(5-4-7-15-12)9-18-13-16-10(2)8-17-13/h4-5,7-8H,3,6,9H2,1-2H3,(H,14,15). The molecule has 5 heteroatoms. The van der Waals surface area contributed by atoms with Crippen LogP contribution in [0.3, 0.4) is 0 Å². The number of nitrogens with one attached hydrogen (secondary N) is 1. The van der Waals surface area contributed by atoms with Gasteiger partial charge < -0.3 is 9.73 Å². The Morgan fingerprint density at radius 2 is 2.33 bits per heavy atom. The lowest BCUT2D eigenvalue weighted by Crippen LogP contribution is -2.04. The van der Waals surface area contributed by atoms with Crippen molar-refractivity contribution in [2.45, 2.75) is 31.2 Å². The summed E-state index contributed by atoms with van der Waals surface area (Å²) >= 11 is 1.58. The van der Waals surface area contributed by atoms with Crippen LogP contribution in [0.25, 0.3) is 0 Å². The molecule has 2 aromatic rings. The van der Waals surface area contributed by atoms with Crippen LogP contribution in [0, 0.1) is 6.92 Å². The third-order valence-corrected chi connectivity index (χ3v) is 3.27. The zero-order valence-corrected chi connectivity index (χ0v) is 11.5. The number of aryl methyl sites for hydroxylation is 1. The minimum atomic E-state index is 0.706. The number of hydrogen-bond donors (Lipinski definition) is 1. The van der Waals surface area contributed by atoms with Crippen LogP contribution in [-0.4, -0.2) is 16.5 Å². The van der Waals surface area contributed by atoms with Gasteiger partial charge in [-0.15, -0.1) is 0 Å². The van der Waals surface area contributed by atoms with Gasteiger partial charge in [0.1, 0.15) is 12.1 Å². The van der Waals surface area contributed by atoms with Crippen molar-refractivity contribution in [3.8, 4) is 0 Å². The molecule has 0 saturated carbocycles. The summed E-state index contributed by atoms with van der Waals surface area (Å²) in [5, 5.41) is 4.04. The van der Waals surface area contributed by atoms with Gasteiger partial charge >= 0.3 is 0 Å². The summed E-state index contributed by atoms with van der Waals surface area (Å²) in [5.41, 5.74) is 2.08. The van der Waals surface area contributed by atoms with Crippen LogP contribution in [-0.2, 0) is 5.75 Å². The molecule has 1 N–H and O–H groups in total. The largest absolute Gasteiger partial charge is 0.440 e. The molecule has 0 spiro atoms. The van der Waals surface area contributed by atoms with Gasteiger partial charge in [0.05, 0.1) is 5.69 Å². The van der Waals surface area contributed by atoms with Crippen LogP contribution < -0.4 is 5.32 Å². The molecule has 0 aromatic carbocycles. The Morgan fingerprint density at radius 1 is 1.44 bits per heavy atom. The van der Waals surface area contributed by atoms with Crippen LogP contribution in [0.5, 0.6) is 0 Å². The van der Waals surface area contributed by atoms with Crippen molar-refractivity contribution in [1.82, 2.24) is 9.97 Å². The van der Waals surface area contributed by atoms with Gasteiger partial charge in [0.15, 0.2) is 0 Å². The summed E-state index contributed by atoms with van der Waals surface area (Å²) in [7, 11) is 0. The summed E-state index contributed by atoms with van der Waals surface area (Å²) in [6.07, 6.45) is 4.56. The second-order valence-electron chi connectivity index (χ2n) is 3.98. The van der Waals surface area contributed by atoms with Gasteiger partial charge in [0, 0.05) is 24.1 Å². The maximum atomic E-state index is 5.32. The van der Waals surface area contributed by atoms with E-state index in [0.717, 1.165) is 30.2 Å². The minimum absolute atomic E-state index is 0.706. The molecule has 0 unspecified atom stereocenters. The smallest absolute Gasteiger partial charge is 0.256 e. The van der Waals surface area contributed by atoms with E-state index in [1.54, 1.807) is 24.2 Å². The molecular formula is C13H17N3OS. The molecule has 4 nitrogen and oxygen atoms in total. The fraction of sp³-hybridized carbons (Fsp3) is 0.385. The summed E-state index contributed by atoms with van der Waals surface area (Å²) < 4.78 is 5.32. The van der Waals surface area contributed by atoms with E-state index < -0.39 is 0 Å². The Labute approximate surface area is 111 Å². The van der Waals surface area contributed by atoms with E-state index in [4.69, 9.17) is 4.42 Å². The van der Waals surface area contributed by atoms with E-state index in [2.05, 4.69) is 28.3 Å². The Morgan fingerprint density at radius 3 is 3.06 bits per heavy atom. The summed E-state index contributed by atoms with van der Waals surface area (Å²) in [6.45, 7) is 5.00. The maximum absolute atomic E-state index is 5.32. The Hall–Kier alpha value is -1.49. The lowest BCUT2D eigenvalue weighted by atomic mass is 10.3. The molecular weight excluding hydrogens is 246 g/mol. The van der Waals surface area contributed by atoms with Crippen molar-refractivity contribution in [2.24, 2.45) is 0 Å². The second kappa shape index (κ2) is 6.44. The molecule has 0 aliphatic rings. The number of rotatable bonds is 6. The van der Waals surface area contributed by atoms with E-state index in [-0.39, 0.29) is 0 Å². The highest BCUT2D eigenvalue weighted by Gasteiger charge is 2.06. The van der Waals surface area contributed by atoms with Crippen molar-refractivity contribution >= 4 is 17.6 Å². The Kier molecular flexibility index (Phi) is 4.64. The predicted molar refractivity (Wildman–Crippen MR) is 73.8 cm³/mol. The van der Waals surface area contributed by atoms with Crippen LogP contribution >= 0.6 is 11.8 Å². The molecule has 0 bridgehead atoms. The molecule has 0 atom stereocenters. The molecule has 0 saturated heterocycles. The average molecular weight is 263 g/mol. The molecule has 2 heterocycles. The third-order valence-electron chi connectivity index (χ3n) is 2.38. The first-order chi connectivity index (χ1) is 8.79. The van der Waals surface area contributed by atoms with Gasteiger partial charge in [-0.25, -0.2) is 9.97 Å². The third kappa shape index (κ3) is 3.50. The Bertz CT molecular complexity index is 498. The number of aromatic nitrogens is 2. The molecule has 0 fully saturated rings. The zero-order chi connectivity index (χ0) is 12.8. The van der Waals surface area contributed by atoms with Crippen molar-refractivity contribution in [3.63, 3.8) is 0 Å². The number of pyridine rings is 1. The van der Waals surface area contributed by atoms with Gasteiger partial charge in [0.2, 0.25) is 0 Å². The van der Waals surface area contributed by atoms with E-state index in [0.29, 0.717) is 5.22 Å². The molecule has 0 amide bonds. The molecule has 96 valence electrons. The molecule has 0 aliphatic carbocycles. The number of thioether (sulfide) groups is 1. The predicted octanol–water partition coefficient (Wildman–Crippen LogP) is 3.49. The highest BCUT2D eigenvalue weighted by Crippen LogP contribution is 2.24. The van der Waals surface area contributed by atoms with Crippen LogP contribution in [0.15, 0.2) is 34.2 Å². The fourth-order valence-electron chi connectivity index (χ4n) is 1.50. The minimum Gasteiger partial charge on any atom is -0.440 e. The van der Waals surface area contributed by atoms with E-state index in [1.807, 2.05) is 13.0 Å². The van der Waals surface area contributed by atoms with Crippen molar-refractivity contribution in [2.75, 3.05) is 11.9 Å². The quantitative estimate of drug-likeness (QED) is 0.808. The monoisotopic (exact) mass is 263 g/mol. The number of hydrogen-bond acceptors (Lipinski definition) is 5. The zero-order valence-electron chi connectivity index (χ0n) is 10.6. The van der Waals surface area contributed by atoms with E-state index >= 15 is 0 Å². The fourth-order valence-corrected chi connectivity index (χ4v) is 2.33. The first-order valence-electron chi connectivity index (χ1n) is 6.02. The highest BCUT2D eigenvalue weighted by molar-refractivity contribution is 7.98. The lowest BCUT2D eigenvalue weighted by molar-refractivity contribution is 0.454. The molecule has 0 radical (unpaired) electrons. The number of nitrogens with zero attached hydrogens (tertiary/aromatic N) is 2. The topological polar surface area (TPSA) is 51.0 Å². The first-order valence-corrected chi connectivity index (χ1v) is 7.01. The van der Waals surface area contributed by atoms with Gasteiger partial charge in [0.25, 0.3) is 5.22 Å². The normalized spacial score (nSPS) is 10.6. The first kappa shape index (κ1) is 13.0. The van der Waals surface area contributed by atoms with E-state index in [9.17, 15) is 0 Å². The Balaban J connectivity index is 1.99. The molecule has 2 aromatic heterocycles. The van der Waals surface area contributed by atoms with Crippen molar-refractivity contribution < 1.29 is 4.42 Å². The summed E-state index contributed by atoms with van der Waals surface area (Å²) in [6, 6.07) is 4.03. The van der Waals surface area contributed by atoms with Gasteiger partial charge in [-0.05, 0) is 19.4 Å². The number of anilines is 1. The van der Waals surface area contributed by atoms with Crippen LogP contribution in [0.2, 0.25) is 0 Å². The van der Waals surface area contributed by atoms with Crippen LogP contribution in [0.4, 0.5) is 5.82 Å². The number of oxazole rings is 1. The van der Waals surface area contributed by atoms with Gasteiger partial charge in [-0.3, -0.25) is 0 Å².